The predicted molar refractivity (Wildman–Crippen MR) is 73.0 cm³/mol. The van der Waals surface area contributed by atoms with Gasteiger partial charge in [0.25, 0.3) is 0 Å². The van der Waals surface area contributed by atoms with E-state index in [0.29, 0.717) is 24.9 Å². The third-order valence-electron chi connectivity index (χ3n) is 3.57. The smallest absolute Gasteiger partial charge is 0.347 e. The van der Waals surface area contributed by atoms with Crippen molar-refractivity contribution in [1.29, 1.82) is 0 Å². The van der Waals surface area contributed by atoms with Gasteiger partial charge < -0.3 is 5.11 Å². The number of aromatic carboxylic acids is 1. The number of nitrogens with zero attached hydrogens (tertiary/aromatic N) is 1. The summed E-state index contributed by atoms with van der Waals surface area (Å²) >= 11 is 0.945. The molecule has 1 aromatic heterocycles. The second-order valence-corrected chi connectivity index (χ2v) is 7.90. The van der Waals surface area contributed by atoms with Crippen LogP contribution in [0.25, 0.3) is 0 Å². The minimum atomic E-state index is -3.67. The highest BCUT2D eigenvalue weighted by Gasteiger charge is 2.36. The summed E-state index contributed by atoms with van der Waals surface area (Å²) in [6, 6.07) is 1.38. The van der Waals surface area contributed by atoms with E-state index in [0.717, 1.165) is 17.8 Å². The van der Waals surface area contributed by atoms with E-state index in [1.165, 1.54) is 15.8 Å². The fourth-order valence-electron chi connectivity index (χ4n) is 2.31. The highest BCUT2D eigenvalue weighted by molar-refractivity contribution is 7.89. The van der Waals surface area contributed by atoms with Gasteiger partial charge in [-0.2, -0.15) is 4.31 Å². The summed E-state index contributed by atoms with van der Waals surface area (Å²) in [5, 5.41) is 10.5. The van der Waals surface area contributed by atoms with Crippen molar-refractivity contribution in [2.75, 3.05) is 13.1 Å². The van der Waals surface area contributed by atoms with Crippen LogP contribution in [0.1, 0.15) is 29.9 Å². The first-order valence-corrected chi connectivity index (χ1v) is 8.47. The molecule has 0 radical (unpaired) electrons. The lowest BCUT2D eigenvalue weighted by Crippen LogP contribution is -2.30. The van der Waals surface area contributed by atoms with Crippen molar-refractivity contribution < 1.29 is 18.3 Å². The van der Waals surface area contributed by atoms with E-state index >= 15 is 0 Å². The van der Waals surface area contributed by atoms with Crippen LogP contribution in [0.2, 0.25) is 0 Å². The van der Waals surface area contributed by atoms with Crippen molar-refractivity contribution in [3.63, 3.8) is 0 Å². The molecule has 1 saturated heterocycles. The molecule has 1 atom stereocenters. The fourth-order valence-corrected chi connectivity index (χ4v) is 5.06. The molecule has 1 fully saturated rings. The third kappa shape index (κ3) is 2.68. The molecule has 1 aliphatic rings. The first-order chi connectivity index (χ1) is 8.84. The molecule has 106 valence electrons. The summed E-state index contributed by atoms with van der Waals surface area (Å²) in [5.74, 6) is -0.406. The van der Waals surface area contributed by atoms with Crippen molar-refractivity contribution >= 4 is 27.3 Å². The number of carboxylic acid groups (broad SMARTS) is 1. The first-order valence-electron chi connectivity index (χ1n) is 6.15. The van der Waals surface area contributed by atoms with Crippen LogP contribution in [0.5, 0.6) is 0 Å². The molecule has 2 rings (SSSR count). The second kappa shape index (κ2) is 5.22. The molecule has 1 aliphatic heterocycles. The highest BCUT2D eigenvalue weighted by atomic mass is 32.2. The molecule has 2 heterocycles. The first kappa shape index (κ1) is 14.5. The van der Waals surface area contributed by atoms with Gasteiger partial charge in [-0.15, -0.1) is 11.3 Å². The molecule has 0 bridgehead atoms. The third-order valence-corrected chi connectivity index (χ3v) is 6.51. The number of hydrogen-bond donors (Lipinski definition) is 1. The van der Waals surface area contributed by atoms with Gasteiger partial charge in [0.1, 0.15) is 9.77 Å². The molecule has 5 nitrogen and oxygen atoms in total. The van der Waals surface area contributed by atoms with E-state index in [1.807, 2.05) is 0 Å². The number of sulfonamides is 1. The summed E-state index contributed by atoms with van der Waals surface area (Å²) in [7, 11) is -3.67. The van der Waals surface area contributed by atoms with E-state index in [1.54, 1.807) is 0 Å². The summed E-state index contributed by atoms with van der Waals surface area (Å²) in [6.07, 6.45) is 0.837. The van der Waals surface area contributed by atoms with Gasteiger partial charge in [-0.1, -0.05) is 13.8 Å². The standard InChI is InChI=1S/C12H17NO4S2/c1-8(2)9-3-5-13(7-9)19(16,17)10-4-6-18-11(10)12(14)15/h4,6,8-9H,3,5,7H2,1-2H3,(H,14,15). The minimum Gasteiger partial charge on any atom is -0.477 e. The molecular formula is C12H17NO4S2. The molecule has 19 heavy (non-hydrogen) atoms. The van der Waals surface area contributed by atoms with Crippen LogP contribution < -0.4 is 0 Å². The lowest BCUT2D eigenvalue weighted by Gasteiger charge is -2.17. The predicted octanol–water partition coefficient (Wildman–Crippen LogP) is 2.11. The average Bonchev–Trinajstić information content (AvgIpc) is 2.98. The summed E-state index contributed by atoms with van der Waals surface area (Å²) < 4.78 is 26.3. The maximum Gasteiger partial charge on any atom is 0.347 e. The average molecular weight is 303 g/mol. The molecule has 0 spiro atoms. The molecule has 1 aromatic rings. The van der Waals surface area contributed by atoms with Gasteiger partial charge in [-0.25, -0.2) is 13.2 Å². The minimum absolute atomic E-state index is 0.0746. The van der Waals surface area contributed by atoms with Crippen molar-refractivity contribution in [2.45, 2.75) is 25.2 Å². The van der Waals surface area contributed by atoms with Crippen LogP contribution in [0.3, 0.4) is 0 Å². The van der Waals surface area contributed by atoms with Crippen LogP contribution in [0.4, 0.5) is 0 Å². The number of rotatable bonds is 4. The largest absolute Gasteiger partial charge is 0.477 e. The van der Waals surface area contributed by atoms with Crippen LogP contribution in [0.15, 0.2) is 16.3 Å². The SMILES string of the molecule is CC(C)C1CCN(S(=O)(=O)c2ccsc2C(=O)O)C1. The number of hydrogen-bond acceptors (Lipinski definition) is 4. The Hall–Kier alpha value is -0.920. The van der Waals surface area contributed by atoms with Gasteiger partial charge in [0.05, 0.1) is 0 Å². The summed E-state index contributed by atoms with van der Waals surface area (Å²) in [5.41, 5.74) is 0. The van der Waals surface area contributed by atoms with E-state index in [2.05, 4.69) is 13.8 Å². The van der Waals surface area contributed by atoms with Crippen LogP contribution in [0, 0.1) is 11.8 Å². The molecule has 0 aromatic carbocycles. The maximum absolute atomic E-state index is 12.5. The second-order valence-electron chi connectivity index (χ2n) is 5.07. The van der Waals surface area contributed by atoms with E-state index in [-0.39, 0.29) is 9.77 Å². The Morgan fingerprint density at radius 2 is 2.21 bits per heavy atom. The van der Waals surface area contributed by atoms with Gasteiger partial charge >= 0.3 is 5.97 Å². The molecular weight excluding hydrogens is 286 g/mol. The van der Waals surface area contributed by atoms with Crippen LogP contribution in [-0.4, -0.2) is 36.9 Å². The quantitative estimate of drug-likeness (QED) is 0.924. The van der Waals surface area contributed by atoms with Crippen LogP contribution in [-0.2, 0) is 10.0 Å². The molecule has 0 saturated carbocycles. The Balaban J connectivity index is 2.29. The van der Waals surface area contributed by atoms with Crippen LogP contribution >= 0.6 is 11.3 Å². The van der Waals surface area contributed by atoms with E-state index < -0.39 is 16.0 Å². The topological polar surface area (TPSA) is 74.7 Å². The summed E-state index contributed by atoms with van der Waals surface area (Å²) in [6.45, 7) is 5.11. The van der Waals surface area contributed by atoms with Crippen molar-refractivity contribution in [3.05, 3.63) is 16.3 Å². The Morgan fingerprint density at radius 3 is 2.74 bits per heavy atom. The molecule has 0 aliphatic carbocycles. The zero-order chi connectivity index (χ0) is 14.2. The fraction of sp³-hybridized carbons (Fsp3) is 0.583. The lowest BCUT2D eigenvalue weighted by molar-refractivity contribution is 0.0698. The number of carbonyl (C=O) groups is 1. The van der Waals surface area contributed by atoms with E-state index in [9.17, 15) is 13.2 Å². The monoisotopic (exact) mass is 303 g/mol. The van der Waals surface area contributed by atoms with Crippen molar-refractivity contribution in [1.82, 2.24) is 4.31 Å². The highest BCUT2D eigenvalue weighted by Crippen LogP contribution is 2.31. The Bertz CT molecular complexity index is 576. The van der Waals surface area contributed by atoms with Gasteiger partial charge in [0, 0.05) is 13.1 Å². The zero-order valence-corrected chi connectivity index (χ0v) is 12.5. The van der Waals surface area contributed by atoms with Gasteiger partial charge in [-0.3, -0.25) is 0 Å². The lowest BCUT2D eigenvalue weighted by atomic mass is 9.96. The molecule has 1 N–H and O–H groups in total. The Kier molecular flexibility index (Phi) is 3.98. The molecule has 1 unspecified atom stereocenters. The Labute approximate surface area is 116 Å². The van der Waals surface area contributed by atoms with Crippen molar-refractivity contribution in [2.24, 2.45) is 11.8 Å². The van der Waals surface area contributed by atoms with Gasteiger partial charge in [0.15, 0.2) is 0 Å². The van der Waals surface area contributed by atoms with Gasteiger partial charge in [0.2, 0.25) is 10.0 Å². The normalized spacial score (nSPS) is 21.1. The van der Waals surface area contributed by atoms with Gasteiger partial charge in [-0.05, 0) is 29.7 Å². The molecule has 7 heteroatoms. The van der Waals surface area contributed by atoms with Crippen molar-refractivity contribution in [3.8, 4) is 0 Å². The Morgan fingerprint density at radius 1 is 1.53 bits per heavy atom. The molecule has 0 amide bonds. The number of carboxylic acids is 1. The zero-order valence-electron chi connectivity index (χ0n) is 10.9. The maximum atomic E-state index is 12.5. The number of thiophene rings is 1. The van der Waals surface area contributed by atoms with E-state index in [4.69, 9.17) is 5.11 Å². The summed E-state index contributed by atoms with van der Waals surface area (Å²) in [4.78, 5) is 10.9.